The molecule has 78 valence electrons. The van der Waals surface area contributed by atoms with Gasteiger partial charge in [-0.15, -0.1) is 0 Å². The van der Waals surface area contributed by atoms with E-state index in [1.807, 2.05) is 18.2 Å². The Labute approximate surface area is 98.6 Å². The highest BCUT2D eigenvalue weighted by atomic mass is 79.9. The fraction of sp³-hybridized carbons (Fsp3) is 0.417. The first-order valence-electron chi connectivity index (χ1n) is 4.96. The van der Waals surface area contributed by atoms with Gasteiger partial charge in [-0.25, -0.2) is 0 Å². The van der Waals surface area contributed by atoms with Crippen LogP contribution in [-0.4, -0.2) is 13.1 Å². The van der Waals surface area contributed by atoms with Crippen molar-refractivity contribution in [3.05, 3.63) is 28.2 Å². The molecule has 1 aromatic rings. The van der Waals surface area contributed by atoms with Crippen molar-refractivity contribution < 1.29 is 0 Å². The van der Waals surface area contributed by atoms with Gasteiger partial charge in [0.25, 0.3) is 0 Å². The van der Waals surface area contributed by atoms with Gasteiger partial charge in [0.15, 0.2) is 0 Å². The van der Waals surface area contributed by atoms with Crippen molar-refractivity contribution in [1.29, 1.82) is 5.26 Å². The molecule has 0 amide bonds. The second kappa shape index (κ2) is 3.53. The number of halogens is 1. The second-order valence-corrected chi connectivity index (χ2v) is 5.71. The molecular formula is C12H13BrN2. The highest BCUT2D eigenvalue weighted by Crippen LogP contribution is 2.35. The van der Waals surface area contributed by atoms with Crippen molar-refractivity contribution in [2.24, 2.45) is 5.41 Å². The number of benzene rings is 1. The van der Waals surface area contributed by atoms with Crippen LogP contribution < -0.4 is 4.90 Å². The Morgan fingerprint density at radius 3 is 2.60 bits per heavy atom. The summed E-state index contributed by atoms with van der Waals surface area (Å²) in [5, 5.41) is 9.04. The van der Waals surface area contributed by atoms with Crippen molar-refractivity contribution in [1.82, 2.24) is 0 Å². The average Bonchev–Trinajstić information content (AvgIpc) is 2.14. The van der Waals surface area contributed by atoms with Gasteiger partial charge >= 0.3 is 0 Å². The SMILES string of the molecule is CC1(C)CN(c2ccc(Br)cc2C#N)C1. The predicted molar refractivity (Wildman–Crippen MR) is 64.9 cm³/mol. The predicted octanol–water partition coefficient (Wildman–Crippen LogP) is 3.17. The summed E-state index contributed by atoms with van der Waals surface area (Å²) in [6, 6.07) is 8.12. The number of hydrogen-bond acceptors (Lipinski definition) is 2. The molecule has 15 heavy (non-hydrogen) atoms. The summed E-state index contributed by atoms with van der Waals surface area (Å²) >= 11 is 3.38. The molecule has 3 heteroatoms. The minimum Gasteiger partial charge on any atom is -0.369 e. The van der Waals surface area contributed by atoms with Gasteiger partial charge in [0.2, 0.25) is 0 Å². The van der Waals surface area contributed by atoms with Crippen LogP contribution in [0, 0.1) is 16.7 Å². The van der Waals surface area contributed by atoms with E-state index in [0.717, 1.165) is 28.8 Å². The molecule has 0 N–H and O–H groups in total. The molecule has 0 bridgehead atoms. The number of nitrogens with zero attached hydrogens (tertiary/aromatic N) is 2. The summed E-state index contributed by atoms with van der Waals surface area (Å²) in [5.41, 5.74) is 2.19. The Kier molecular flexibility index (Phi) is 2.47. The first kappa shape index (κ1) is 10.5. The Hall–Kier alpha value is -1.01. The molecule has 1 aliphatic rings. The zero-order valence-corrected chi connectivity index (χ0v) is 10.5. The first-order valence-corrected chi connectivity index (χ1v) is 5.76. The monoisotopic (exact) mass is 264 g/mol. The maximum absolute atomic E-state index is 9.04. The lowest BCUT2D eigenvalue weighted by Gasteiger charge is -2.47. The molecular weight excluding hydrogens is 252 g/mol. The third-order valence-corrected chi connectivity index (χ3v) is 3.15. The number of anilines is 1. The van der Waals surface area contributed by atoms with Crippen molar-refractivity contribution in [3.63, 3.8) is 0 Å². The van der Waals surface area contributed by atoms with Crippen LogP contribution in [0.2, 0.25) is 0 Å². The van der Waals surface area contributed by atoms with Gasteiger partial charge in [0, 0.05) is 17.6 Å². The highest BCUT2D eigenvalue weighted by molar-refractivity contribution is 9.10. The number of nitriles is 1. The molecule has 0 spiro atoms. The molecule has 1 aromatic carbocycles. The van der Waals surface area contributed by atoms with E-state index in [4.69, 9.17) is 5.26 Å². The lowest BCUT2D eigenvalue weighted by atomic mass is 9.83. The molecule has 2 rings (SSSR count). The van der Waals surface area contributed by atoms with Crippen LogP contribution in [0.4, 0.5) is 5.69 Å². The fourth-order valence-electron chi connectivity index (χ4n) is 2.03. The summed E-state index contributed by atoms with van der Waals surface area (Å²) < 4.78 is 0.961. The third-order valence-electron chi connectivity index (χ3n) is 2.66. The Morgan fingerprint density at radius 2 is 2.07 bits per heavy atom. The fourth-order valence-corrected chi connectivity index (χ4v) is 2.39. The zero-order chi connectivity index (χ0) is 11.1. The second-order valence-electron chi connectivity index (χ2n) is 4.79. The van der Waals surface area contributed by atoms with Crippen molar-refractivity contribution in [2.45, 2.75) is 13.8 Å². The largest absolute Gasteiger partial charge is 0.369 e. The standard InChI is InChI=1S/C12H13BrN2/c1-12(2)7-15(8-12)11-4-3-10(13)5-9(11)6-14/h3-5H,7-8H2,1-2H3. The van der Waals surface area contributed by atoms with Crippen LogP contribution in [0.15, 0.2) is 22.7 Å². The minimum atomic E-state index is 0.389. The summed E-state index contributed by atoms with van der Waals surface area (Å²) in [6.45, 7) is 6.55. The quantitative estimate of drug-likeness (QED) is 0.779. The summed E-state index contributed by atoms with van der Waals surface area (Å²) in [6.07, 6.45) is 0. The number of rotatable bonds is 1. The van der Waals surface area contributed by atoms with Gasteiger partial charge in [-0.1, -0.05) is 29.8 Å². The maximum atomic E-state index is 9.04. The van der Waals surface area contributed by atoms with Gasteiger partial charge < -0.3 is 4.90 Å². The molecule has 1 aliphatic heterocycles. The molecule has 0 unspecified atom stereocenters. The van der Waals surface area contributed by atoms with Crippen LogP contribution in [0.3, 0.4) is 0 Å². The van der Waals surface area contributed by atoms with Crippen molar-refractivity contribution in [3.8, 4) is 6.07 Å². The van der Waals surface area contributed by atoms with E-state index in [1.54, 1.807) is 0 Å². The molecule has 1 saturated heterocycles. The highest BCUT2D eigenvalue weighted by Gasteiger charge is 2.35. The molecule has 0 atom stereocenters. The Balaban J connectivity index is 2.27. The van der Waals surface area contributed by atoms with Crippen LogP contribution in [0.25, 0.3) is 0 Å². The lowest BCUT2D eigenvalue weighted by Crippen LogP contribution is -2.53. The van der Waals surface area contributed by atoms with Crippen molar-refractivity contribution in [2.75, 3.05) is 18.0 Å². The van der Waals surface area contributed by atoms with Gasteiger partial charge in [-0.2, -0.15) is 5.26 Å². The summed E-state index contributed by atoms with van der Waals surface area (Å²) in [5.74, 6) is 0. The molecule has 2 nitrogen and oxygen atoms in total. The van der Waals surface area contributed by atoms with Crippen LogP contribution in [-0.2, 0) is 0 Å². The van der Waals surface area contributed by atoms with E-state index < -0.39 is 0 Å². The van der Waals surface area contributed by atoms with Gasteiger partial charge in [0.1, 0.15) is 6.07 Å². The molecule has 1 heterocycles. The third kappa shape index (κ3) is 2.00. The molecule has 1 fully saturated rings. The van der Waals surface area contributed by atoms with Crippen LogP contribution in [0.1, 0.15) is 19.4 Å². The molecule has 0 saturated carbocycles. The Morgan fingerprint density at radius 1 is 1.40 bits per heavy atom. The summed E-state index contributed by atoms with van der Waals surface area (Å²) in [4.78, 5) is 2.25. The van der Waals surface area contributed by atoms with Crippen LogP contribution in [0.5, 0.6) is 0 Å². The van der Waals surface area contributed by atoms with E-state index >= 15 is 0 Å². The Bertz CT molecular complexity index is 424. The topological polar surface area (TPSA) is 27.0 Å². The van der Waals surface area contributed by atoms with E-state index in [2.05, 4.69) is 40.7 Å². The van der Waals surface area contributed by atoms with E-state index in [-0.39, 0.29) is 0 Å². The van der Waals surface area contributed by atoms with Crippen molar-refractivity contribution >= 4 is 21.6 Å². The normalized spacial score (nSPS) is 18.1. The smallest absolute Gasteiger partial charge is 0.101 e. The zero-order valence-electron chi connectivity index (χ0n) is 8.92. The van der Waals surface area contributed by atoms with Gasteiger partial charge in [-0.05, 0) is 23.6 Å². The summed E-state index contributed by atoms with van der Waals surface area (Å²) in [7, 11) is 0. The number of hydrogen-bond donors (Lipinski definition) is 0. The van der Waals surface area contributed by atoms with E-state index in [0.29, 0.717) is 5.41 Å². The average molecular weight is 265 g/mol. The van der Waals surface area contributed by atoms with E-state index in [1.165, 1.54) is 0 Å². The van der Waals surface area contributed by atoms with Gasteiger partial charge in [-0.3, -0.25) is 0 Å². The molecule has 0 radical (unpaired) electrons. The minimum absolute atomic E-state index is 0.389. The first-order chi connectivity index (χ1) is 7.02. The van der Waals surface area contributed by atoms with Gasteiger partial charge in [0.05, 0.1) is 11.3 Å². The maximum Gasteiger partial charge on any atom is 0.101 e. The van der Waals surface area contributed by atoms with Crippen LogP contribution >= 0.6 is 15.9 Å². The lowest BCUT2D eigenvalue weighted by molar-refractivity contribution is 0.276. The molecule has 0 aliphatic carbocycles. The van der Waals surface area contributed by atoms with E-state index in [9.17, 15) is 0 Å². The molecule has 0 aromatic heterocycles.